The van der Waals surface area contributed by atoms with Crippen molar-refractivity contribution < 1.29 is 26.9 Å². The minimum atomic E-state index is -4.57. The van der Waals surface area contributed by atoms with Crippen LogP contribution in [0.25, 0.3) is 11.1 Å². The first kappa shape index (κ1) is 25.8. The van der Waals surface area contributed by atoms with Gasteiger partial charge in [-0.3, -0.25) is 9.48 Å². The molecule has 0 spiro atoms. The van der Waals surface area contributed by atoms with Crippen molar-refractivity contribution in [3.63, 3.8) is 0 Å². The number of benzene rings is 1. The van der Waals surface area contributed by atoms with Gasteiger partial charge in [-0.15, -0.1) is 0 Å². The van der Waals surface area contributed by atoms with Crippen molar-refractivity contribution in [1.82, 2.24) is 24.9 Å². The van der Waals surface area contributed by atoms with Crippen LogP contribution < -0.4 is 10.6 Å². The van der Waals surface area contributed by atoms with Crippen molar-refractivity contribution in [1.29, 1.82) is 0 Å². The Hall–Kier alpha value is -4.29. The van der Waals surface area contributed by atoms with Crippen LogP contribution >= 0.6 is 0 Å². The molecule has 37 heavy (non-hydrogen) atoms. The zero-order valence-electron chi connectivity index (χ0n) is 20.3. The van der Waals surface area contributed by atoms with E-state index in [-0.39, 0.29) is 17.8 Å². The normalized spacial score (nSPS) is 12.0. The first-order valence-corrected chi connectivity index (χ1v) is 11.1. The lowest BCUT2D eigenvalue weighted by Gasteiger charge is -2.24. The average molecular weight is 517 g/mol. The zero-order chi connectivity index (χ0) is 27.0. The molecule has 4 aromatic rings. The molecule has 0 fully saturated rings. The first-order valence-electron chi connectivity index (χ1n) is 11.1. The second-order valence-electron chi connectivity index (χ2n) is 8.95. The summed E-state index contributed by atoms with van der Waals surface area (Å²) >= 11 is 0. The number of nitrogens with one attached hydrogen (secondary N) is 2. The molecule has 0 aliphatic carbocycles. The Morgan fingerprint density at radius 3 is 2.41 bits per heavy atom. The molecule has 0 aliphatic rings. The molecule has 3 aromatic heterocycles. The fourth-order valence-corrected chi connectivity index (χ4v) is 3.38. The summed E-state index contributed by atoms with van der Waals surface area (Å²) in [6.07, 6.45) is -0.0684. The molecule has 0 saturated heterocycles. The quantitative estimate of drug-likeness (QED) is 0.329. The maximum Gasteiger partial charge on any atom is 0.401 e. The van der Waals surface area contributed by atoms with Crippen LogP contribution in [0.1, 0.15) is 30.9 Å². The van der Waals surface area contributed by atoms with Crippen LogP contribution in [0, 0.1) is 12.7 Å². The van der Waals surface area contributed by atoms with E-state index in [1.807, 2.05) is 6.92 Å². The lowest BCUT2D eigenvalue weighted by molar-refractivity contribution is -0.185. The van der Waals surface area contributed by atoms with E-state index in [4.69, 9.17) is 4.52 Å². The number of hydrogen-bond acceptors (Lipinski definition) is 7. The van der Waals surface area contributed by atoms with Gasteiger partial charge in [0, 0.05) is 37.3 Å². The fraction of sp³-hybridized carbons (Fsp3) is 0.292. The summed E-state index contributed by atoms with van der Waals surface area (Å²) in [6.45, 7) is 3.72. The highest BCUT2D eigenvalue weighted by Gasteiger charge is 2.51. The Morgan fingerprint density at radius 1 is 1.11 bits per heavy atom. The Balaban J connectivity index is 1.40. The fourth-order valence-electron chi connectivity index (χ4n) is 3.38. The monoisotopic (exact) mass is 517 g/mol. The van der Waals surface area contributed by atoms with E-state index in [0.29, 0.717) is 17.1 Å². The summed E-state index contributed by atoms with van der Waals surface area (Å²) in [5.74, 6) is -1.60. The van der Waals surface area contributed by atoms with Crippen molar-refractivity contribution in [2.45, 2.75) is 38.8 Å². The SMILES string of the molecule is Cc1nn(C)cc1Nc1ncc(-c2ccc(CC(=O)Nc3cc(C(C)(C)C(F)(F)F)on3)c(F)c2)cn1. The van der Waals surface area contributed by atoms with Gasteiger partial charge in [-0.25, -0.2) is 14.4 Å². The summed E-state index contributed by atoms with van der Waals surface area (Å²) in [5.41, 5.74) is 0.403. The molecule has 1 aromatic carbocycles. The van der Waals surface area contributed by atoms with Crippen molar-refractivity contribution in [2.75, 3.05) is 10.6 Å². The first-order chi connectivity index (χ1) is 17.3. The third-order valence-corrected chi connectivity index (χ3v) is 5.75. The predicted molar refractivity (Wildman–Crippen MR) is 127 cm³/mol. The van der Waals surface area contributed by atoms with Crippen LogP contribution in [0.5, 0.6) is 0 Å². The van der Waals surface area contributed by atoms with Gasteiger partial charge < -0.3 is 15.2 Å². The van der Waals surface area contributed by atoms with Gasteiger partial charge in [0.25, 0.3) is 0 Å². The van der Waals surface area contributed by atoms with Gasteiger partial charge in [-0.05, 0) is 38.0 Å². The minimum absolute atomic E-state index is 0.0897. The lowest BCUT2D eigenvalue weighted by atomic mass is 9.89. The van der Waals surface area contributed by atoms with Crippen LogP contribution in [-0.4, -0.2) is 37.0 Å². The second-order valence-corrected chi connectivity index (χ2v) is 8.95. The molecule has 4 rings (SSSR count). The molecule has 9 nitrogen and oxygen atoms in total. The highest BCUT2D eigenvalue weighted by atomic mass is 19.4. The number of hydrogen-bond donors (Lipinski definition) is 2. The standard InChI is InChI=1S/C24H23F4N7O2/c1-13-18(12-35(4)33-13)31-22-29-10-16(11-30-22)14-5-6-15(17(25)7-14)8-21(36)32-20-9-19(37-34-20)23(2,3)24(26,27)28/h5-7,9-12H,8H2,1-4H3,(H,29,30,31)(H,32,34,36). The van der Waals surface area contributed by atoms with Crippen LogP contribution in [0.4, 0.5) is 35.0 Å². The van der Waals surface area contributed by atoms with Crippen LogP contribution in [0.2, 0.25) is 0 Å². The van der Waals surface area contributed by atoms with E-state index in [1.165, 1.54) is 24.5 Å². The smallest absolute Gasteiger partial charge is 0.358 e. The number of anilines is 3. The topological polar surface area (TPSA) is 111 Å². The van der Waals surface area contributed by atoms with Crippen molar-refractivity contribution in [2.24, 2.45) is 7.05 Å². The summed E-state index contributed by atoms with van der Waals surface area (Å²) in [4.78, 5) is 20.8. The van der Waals surface area contributed by atoms with E-state index in [0.717, 1.165) is 31.3 Å². The highest BCUT2D eigenvalue weighted by Crippen LogP contribution is 2.41. The van der Waals surface area contributed by atoms with Crippen molar-refractivity contribution >= 4 is 23.4 Å². The summed E-state index contributed by atoms with van der Waals surface area (Å²) in [6, 6.07) is 5.30. The predicted octanol–water partition coefficient (Wildman–Crippen LogP) is 5.08. The van der Waals surface area contributed by atoms with Crippen molar-refractivity contribution in [3.8, 4) is 11.1 Å². The van der Waals surface area contributed by atoms with Crippen LogP contribution in [0.3, 0.4) is 0 Å². The number of amides is 1. The number of aromatic nitrogens is 5. The van der Waals surface area contributed by atoms with Gasteiger partial charge in [0.2, 0.25) is 11.9 Å². The Bertz CT molecular complexity index is 1430. The zero-order valence-corrected chi connectivity index (χ0v) is 20.3. The average Bonchev–Trinajstić information content (AvgIpc) is 3.41. The van der Waals surface area contributed by atoms with E-state index in [2.05, 4.69) is 30.9 Å². The molecule has 0 radical (unpaired) electrons. The Kier molecular flexibility index (Phi) is 6.72. The molecule has 2 N–H and O–H groups in total. The molecule has 3 heterocycles. The third-order valence-electron chi connectivity index (χ3n) is 5.75. The third kappa shape index (κ3) is 5.60. The number of nitrogens with zero attached hydrogens (tertiary/aromatic N) is 5. The second kappa shape index (κ2) is 9.64. The number of alkyl halides is 3. The molecule has 194 valence electrons. The van der Waals surface area contributed by atoms with Gasteiger partial charge >= 0.3 is 6.18 Å². The largest absolute Gasteiger partial charge is 0.401 e. The molecule has 0 atom stereocenters. The van der Waals surface area contributed by atoms with Crippen LogP contribution in [-0.2, 0) is 23.7 Å². The number of rotatable bonds is 7. The molecular formula is C24H23F4N7O2. The number of carbonyl (C=O) groups is 1. The Morgan fingerprint density at radius 2 is 1.81 bits per heavy atom. The summed E-state index contributed by atoms with van der Waals surface area (Å²) in [5, 5.41) is 13.1. The Labute approximate surface area is 208 Å². The molecule has 13 heteroatoms. The van der Waals surface area contributed by atoms with E-state index >= 15 is 0 Å². The molecule has 0 bridgehead atoms. The van der Waals surface area contributed by atoms with Crippen molar-refractivity contribution in [3.05, 3.63) is 65.7 Å². The number of halogens is 4. The molecule has 0 aliphatic heterocycles. The maximum absolute atomic E-state index is 14.7. The number of aryl methyl sites for hydroxylation is 2. The summed E-state index contributed by atoms with van der Waals surface area (Å²) in [7, 11) is 1.80. The number of carbonyl (C=O) groups excluding carboxylic acids is 1. The minimum Gasteiger partial charge on any atom is -0.358 e. The van der Waals surface area contributed by atoms with Gasteiger partial charge in [-0.1, -0.05) is 17.3 Å². The lowest BCUT2D eigenvalue weighted by Crippen LogP contribution is -2.35. The van der Waals surface area contributed by atoms with E-state index in [9.17, 15) is 22.4 Å². The van der Waals surface area contributed by atoms with Crippen LogP contribution in [0.15, 0.2) is 47.4 Å². The molecule has 0 saturated carbocycles. The van der Waals surface area contributed by atoms with E-state index in [1.54, 1.807) is 24.0 Å². The van der Waals surface area contributed by atoms with Gasteiger partial charge in [0.15, 0.2) is 11.6 Å². The maximum atomic E-state index is 14.7. The molecule has 1 amide bonds. The highest BCUT2D eigenvalue weighted by molar-refractivity contribution is 5.91. The van der Waals surface area contributed by atoms with Gasteiger partial charge in [-0.2, -0.15) is 18.3 Å². The molecule has 0 unspecified atom stereocenters. The van der Waals surface area contributed by atoms with Gasteiger partial charge in [0.1, 0.15) is 11.2 Å². The molecular weight excluding hydrogens is 494 g/mol. The van der Waals surface area contributed by atoms with Gasteiger partial charge in [0.05, 0.1) is 17.8 Å². The van der Waals surface area contributed by atoms with E-state index < -0.39 is 29.1 Å². The summed E-state index contributed by atoms with van der Waals surface area (Å²) < 4.78 is 60.7.